The summed E-state index contributed by atoms with van der Waals surface area (Å²) in [7, 11) is 0. The third kappa shape index (κ3) is 2.44. The lowest BCUT2D eigenvalue weighted by atomic mass is 9.69. The molecule has 1 aromatic rings. The number of H-pyrrole nitrogens is 1. The normalized spacial score (nSPS) is 17.8. The van der Waals surface area contributed by atoms with E-state index in [0.29, 0.717) is 13.0 Å². The number of aromatic nitrogens is 1. The maximum atomic E-state index is 11.6. The number of rotatable bonds is 5. The van der Waals surface area contributed by atoms with Crippen LogP contribution in [0.15, 0.2) is 18.3 Å². The molecule has 0 unspecified atom stereocenters. The van der Waals surface area contributed by atoms with Gasteiger partial charge in [-0.05, 0) is 36.9 Å². The molecule has 0 saturated heterocycles. The highest BCUT2D eigenvalue weighted by Gasteiger charge is 2.35. The zero-order valence-electron chi connectivity index (χ0n) is 9.46. The lowest BCUT2D eigenvalue weighted by Crippen LogP contribution is -2.47. The summed E-state index contributed by atoms with van der Waals surface area (Å²) in [5.74, 6) is 0.0715. The monoisotopic (exact) mass is 221 g/mol. The highest BCUT2D eigenvalue weighted by atomic mass is 16.1. The van der Waals surface area contributed by atoms with Crippen molar-refractivity contribution in [2.75, 3.05) is 13.1 Å². The lowest BCUT2D eigenvalue weighted by molar-refractivity contribution is -0.121. The van der Waals surface area contributed by atoms with Crippen LogP contribution in [0.25, 0.3) is 0 Å². The largest absolute Gasteiger partial charge is 0.365 e. The van der Waals surface area contributed by atoms with Crippen LogP contribution >= 0.6 is 0 Å². The summed E-state index contributed by atoms with van der Waals surface area (Å²) >= 11 is 0. The summed E-state index contributed by atoms with van der Waals surface area (Å²) in [6.07, 6.45) is 5.78. The molecule has 0 aromatic carbocycles. The SMILES string of the molecule is NCC1(CNC(=O)Cc2ccc[nH]2)CCC1. The molecule has 4 nitrogen and oxygen atoms in total. The van der Waals surface area contributed by atoms with E-state index in [2.05, 4.69) is 10.3 Å². The van der Waals surface area contributed by atoms with Crippen molar-refractivity contribution in [1.82, 2.24) is 10.3 Å². The Morgan fingerprint density at radius 1 is 1.56 bits per heavy atom. The minimum atomic E-state index is 0.0715. The molecule has 1 fully saturated rings. The first-order valence-corrected chi connectivity index (χ1v) is 5.83. The third-order valence-corrected chi connectivity index (χ3v) is 3.52. The maximum Gasteiger partial charge on any atom is 0.225 e. The molecular formula is C12H19N3O. The van der Waals surface area contributed by atoms with Crippen LogP contribution in [0, 0.1) is 5.41 Å². The Morgan fingerprint density at radius 2 is 2.38 bits per heavy atom. The Morgan fingerprint density at radius 3 is 2.88 bits per heavy atom. The second-order valence-corrected chi connectivity index (χ2v) is 4.71. The summed E-state index contributed by atoms with van der Waals surface area (Å²) in [5, 5.41) is 2.98. The molecule has 0 spiro atoms. The van der Waals surface area contributed by atoms with Crippen molar-refractivity contribution >= 4 is 5.91 Å². The lowest BCUT2D eigenvalue weighted by Gasteiger charge is -2.41. The van der Waals surface area contributed by atoms with E-state index in [4.69, 9.17) is 5.73 Å². The second-order valence-electron chi connectivity index (χ2n) is 4.71. The van der Waals surface area contributed by atoms with Crippen molar-refractivity contribution in [1.29, 1.82) is 0 Å². The average molecular weight is 221 g/mol. The third-order valence-electron chi connectivity index (χ3n) is 3.52. The topological polar surface area (TPSA) is 70.9 Å². The van der Waals surface area contributed by atoms with Gasteiger partial charge in [0.2, 0.25) is 5.91 Å². The van der Waals surface area contributed by atoms with Gasteiger partial charge in [-0.1, -0.05) is 6.42 Å². The Hall–Kier alpha value is -1.29. The van der Waals surface area contributed by atoms with Gasteiger partial charge in [-0.15, -0.1) is 0 Å². The molecule has 1 saturated carbocycles. The molecule has 1 amide bonds. The van der Waals surface area contributed by atoms with Gasteiger partial charge in [-0.2, -0.15) is 0 Å². The van der Waals surface area contributed by atoms with Gasteiger partial charge in [0.05, 0.1) is 6.42 Å². The number of nitrogens with two attached hydrogens (primary N) is 1. The maximum absolute atomic E-state index is 11.6. The molecule has 1 aliphatic carbocycles. The molecule has 0 radical (unpaired) electrons. The number of hydrogen-bond acceptors (Lipinski definition) is 2. The van der Waals surface area contributed by atoms with Crippen LogP contribution in [0.1, 0.15) is 25.0 Å². The van der Waals surface area contributed by atoms with Crippen LogP contribution in [0.5, 0.6) is 0 Å². The molecule has 2 rings (SSSR count). The van der Waals surface area contributed by atoms with E-state index in [9.17, 15) is 4.79 Å². The quantitative estimate of drug-likeness (QED) is 0.688. The van der Waals surface area contributed by atoms with Crippen molar-refractivity contribution in [2.45, 2.75) is 25.7 Å². The first kappa shape index (κ1) is 11.2. The van der Waals surface area contributed by atoms with Crippen LogP contribution in [-0.4, -0.2) is 24.0 Å². The fourth-order valence-corrected chi connectivity index (χ4v) is 2.13. The number of aromatic amines is 1. The first-order chi connectivity index (χ1) is 7.74. The van der Waals surface area contributed by atoms with Gasteiger partial charge in [0.1, 0.15) is 0 Å². The molecular weight excluding hydrogens is 202 g/mol. The smallest absolute Gasteiger partial charge is 0.225 e. The highest BCUT2D eigenvalue weighted by molar-refractivity contribution is 5.78. The van der Waals surface area contributed by atoms with Crippen LogP contribution in [0.3, 0.4) is 0 Å². The van der Waals surface area contributed by atoms with Crippen LogP contribution in [0.2, 0.25) is 0 Å². The van der Waals surface area contributed by atoms with Gasteiger partial charge in [0.25, 0.3) is 0 Å². The van der Waals surface area contributed by atoms with Gasteiger partial charge in [-0.25, -0.2) is 0 Å². The van der Waals surface area contributed by atoms with E-state index in [1.54, 1.807) is 0 Å². The van der Waals surface area contributed by atoms with E-state index in [-0.39, 0.29) is 11.3 Å². The summed E-state index contributed by atoms with van der Waals surface area (Å²) in [6.45, 7) is 1.40. The van der Waals surface area contributed by atoms with Crippen LogP contribution < -0.4 is 11.1 Å². The molecule has 16 heavy (non-hydrogen) atoms. The number of carbonyl (C=O) groups is 1. The molecule has 1 heterocycles. The summed E-state index contributed by atoms with van der Waals surface area (Å²) in [4.78, 5) is 14.7. The standard InChI is InChI=1S/C12H19N3O/c13-8-12(4-2-5-12)9-15-11(16)7-10-3-1-6-14-10/h1,3,6,14H,2,4-5,7-9,13H2,(H,15,16). The molecule has 88 valence electrons. The zero-order chi connectivity index (χ0) is 11.4. The van der Waals surface area contributed by atoms with Crippen LogP contribution in [0.4, 0.5) is 0 Å². The van der Waals surface area contributed by atoms with Crippen molar-refractivity contribution in [2.24, 2.45) is 11.1 Å². The fraction of sp³-hybridized carbons (Fsp3) is 0.583. The predicted molar refractivity (Wildman–Crippen MR) is 62.8 cm³/mol. The number of nitrogens with one attached hydrogen (secondary N) is 2. The summed E-state index contributed by atoms with van der Waals surface area (Å²) in [6, 6.07) is 3.82. The fourth-order valence-electron chi connectivity index (χ4n) is 2.13. The number of hydrogen-bond donors (Lipinski definition) is 3. The van der Waals surface area contributed by atoms with Gasteiger partial charge >= 0.3 is 0 Å². The van der Waals surface area contributed by atoms with E-state index in [1.807, 2.05) is 18.3 Å². The zero-order valence-corrected chi connectivity index (χ0v) is 9.46. The predicted octanol–water partition coefficient (Wildman–Crippen LogP) is 0.802. The van der Waals surface area contributed by atoms with Crippen molar-refractivity contribution < 1.29 is 4.79 Å². The van der Waals surface area contributed by atoms with E-state index < -0.39 is 0 Å². The number of amides is 1. The minimum Gasteiger partial charge on any atom is -0.365 e. The Kier molecular flexibility index (Phi) is 3.29. The minimum absolute atomic E-state index is 0.0715. The Balaban J connectivity index is 1.75. The molecule has 1 aliphatic rings. The number of carbonyl (C=O) groups excluding carboxylic acids is 1. The van der Waals surface area contributed by atoms with E-state index in [1.165, 1.54) is 6.42 Å². The van der Waals surface area contributed by atoms with Crippen LogP contribution in [-0.2, 0) is 11.2 Å². The molecule has 0 aliphatic heterocycles. The summed E-state index contributed by atoms with van der Waals surface area (Å²) in [5.41, 5.74) is 6.87. The first-order valence-electron chi connectivity index (χ1n) is 5.83. The van der Waals surface area contributed by atoms with Gasteiger partial charge in [0.15, 0.2) is 0 Å². The van der Waals surface area contributed by atoms with E-state index in [0.717, 1.165) is 25.1 Å². The van der Waals surface area contributed by atoms with Crippen molar-refractivity contribution in [3.05, 3.63) is 24.0 Å². The van der Waals surface area contributed by atoms with E-state index >= 15 is 0 Å². The van der Waals surface area contributed by atoms with Gasteiger partial charge in [-0.3, -0.25) is 4.79 Å². The molecule has 0 atom stereocenters. The Labute approximate surface area is 95.6 Å². The molecule has 4 heteroatoms. The second kappa shape index (κ2) is 4.70. The Bertz CT molecular complexity index is 336. The molecule has 4 N–H and O–H groups in total. The summed E-state index contributed by atoms with van der Waals surface area (Å²) < 4.78 is 0. The highest BCUT2D eigenvalue weighted by Crippen LogP contribution is 2.39. The van der Waals surface area contributed by atoms with Crippen molar-refractivity contribution in [3.63, 3.8) is 0 Å². The van der Waals surface area contributed by atoms with Crippen molar-refractivity contribution in [3.8, 4) is 0 Å². The van der Waals surface area contributed by atoms with Gasteiger partial charge in [0, 0.05) is 18.4 Å². The molecule has 1 aromatic heterocycles. The molecule has 0 bridgehead atoms. The average Bonchev–Trinajstić information content (AvgIpc) is 2.69. The van der Waals surface area contributed by atoms with Gasteiger partial charge < -0.3 is 16.0 Å².